The third-order valence-electron chi connectivity index (χ3n) is 5.67. The average molecular weight is 464 g/mol. The zero-order valence-corrected chi connectivity index (χ0v) is 18.8. The number of carbonyl (C=O) groups excluding carboxylic acids is 3. The lowest BCUT2D eigenvalue weighted by Gasteiger charge is -2.35. The van der Waals surface area contributed by atoms with Gasteiger partial charge >= 0.3 is 11.9 Å². The lowest BCUT2D eigenvalue weighted by atomic mass is 9.67. The maximum Gasteiger partial charge on any atom is 0.341 e. The molecule has 4 rings (SSSR count). The van der Waals surface area contributed by atoms with Crippen LogP contribution in [0.1, 0.15) is 18.1 Å². The van der Waals surface area contributed by atoms with Gasteiger partial charge in [-0.2, -0.15) is 0 Å². The fraction of sp³-hybridized carbons (Fsp3) is 0.240. The first-order valence-corrected chi connectivity index (χ1v) is 10.6. The van der Waals surface area contributed by atoms with Crippen LogP contribution in [0.25, 0.3) is 0 Å². The normalized spacial score (nSPS) is 18.9. The third-order valence-corrected chi connectivity index (χ3v) is 5.67. The van der Waals surface area contributed by atoms with Gasteiger partial charge in [-0.1, -0.05) is 48.5 Å². The second-order valence-corrected chi connectivity index (χ2v) is 7.71. The molecular formula is C25H24N2O7. The lowest BCUT2D eigenvalue weighted by molar-refractivity contribution is -0.144. The van der Waals surface area contributed by atoms with Crippen molar-refractivity contribution in [1.82, 2.24) is 0 Å². The third kappa shape index (κ3) is 3.80. The van der Waals surface area contributed by atoms with Gasteiger partial charge in [0.05, 0.1) is 6.61 Å². The molecule has 1 spiro atoms. The van der Waals surface area contributed by atoms with Crippen molar-refractivity contribution >= 4 is 23.5 Å². The standard InChI is InChI=1S/C25H24N2O7/c1-15-19(22(28)32-13-12-31-2)25(17-10-6-7-11-18(17)27-24(25)30)20(21(26)34-15)23(29)33-14-16-8-4-3-5-9-16/h3-11H,12-14,26H2,1-2H3,(H,27,30)/t25-/m1/s1. The molecule has 0 aromatic heterocycles. The SMILES string of the molecule is COCCOC(=O)C1=C(C)OC(N)=C(C(=O)OCc2ccccc2)[C@]12C(=O)Nc1ccccc12. The van der Waals surface area contributed by atoms with E-state index >= 15 is 0 Å². The number of benzene rings is 2. The number of hydrogen-bond acceptors (Lipinski definition) is 8. The van der Waals surface area contributed by atoms with E-state index in [4.69, 9.17) is 24.7 Å². The minimum Gasteiger partial charge on any atom is -0.460 e. The van der Waals surface area contributed by atoms with Gasteiger partial charge in [0.1, 0.15) is 35.5 Å². The van der Waals surface area contributed by atoms with Crippen molar-refractivity contribution in [1.29, 1.82) is 0 Å². The average Bonchev–Trinajstić information content (AvgIpc) is 3.10. The molecular weight excluding hydrogens is 440 g/mol. The van der Waals surface area contributed by atoms with Crippen LogP contribution in [0.2, 0.25) is 0 Å². The van der Waals surface area contributed by atoms with Crippen molar-refractivity contribution in [3.8, 4) is 0 Å². The molecule has 34 heavy (non-hydrogen) atoms. The second-order valence-electron chi connectivity index (χ2n) is 7.71. The number of esters is 2. The molecule has 9 heteroatoms. The van der Waals surface area contributed by atoms with Gasteiger partial charge in [-0.3, -0.25) is 4.79 Å². The molecule has 9 nitrogen and oxygen atoms in total. The van der Waals surface area contributed by atoms with Crippen LogP contribution in [0.15, 0.2) is 77.4 Å². The van der Waals surface area contributed by atoms with Crippen LogP contribution in [0.5, 0.6) is 0 Å². The van der Waals surface area contributed by atoms with Crippen LogP contribution in [-0.2, 0) is 45.4 Å². The summed E-state index contributed by atoms with van der Waals surface area (Å²) < 4.78 is 21.4. The van der Waals surface area contributed by atoms with Crippen LogP contribution in [0.4, 0.5) is 5.69 Å². The molecule has 1 amide bonds. The molecule has 0 fully saturated rings. The molecule has 176 valence electrons. The number of amides is 1. The Balaban J connectivity index is 1.82. The molecule has 0 unspecified atom stereocenters. The van der Waals surface area contributed by atoms with Crippen molar-refractivity contribution in [3.63, 3.8) is 0 Å². The van der Waals surface area contributed by atoms with Crippen LogP contribution >= 0.6 is 0 Å². The van der Waals surface area contributed by atoms with Crippen molar-refractivity contribution < 1.29 is 33.3 Å². The van der Waals surface area contributed by atoms with Gasteiger partial charge in [-0.15, -0.1) is 0 Å². The number of rotatable bonds is 7. The number of nitrogens with one attached hydrogen (secondary N) is 1. The van der Waals surface area contributed by atoms with E-state index in [1.807, 2.05) is 18.2 Å². The number of para-hydroxylation sites is 1. The maximum absolute atomic E-state index is 13.6. The van der Waals surface area contributed by atoms with E-state index in [-0.39, 0.29) is 42.6 Å². The molecule has 2 heterocycles. The van der Waals surface area contributed by atoms with Crippen molar-refractivity contribution in [2.45, 2.75) is 18.9 Å². The zero-order chi connectivity index (χ0) is 24.3. The Bertz CT molecular complexity index is 1200. The van der Waals surface area contributed by atoms with E-state index in [1.54, 1.807) is 36.4 Å². The van der Waals surface area contributed by atoms with E-state index in [0.29, 0.717) is 11.3 Å². The Labute approximate surface area is 196 Å². The smallest absolute Gasteiger partial charge is 0.341 e. The summed E-state index contributed by atoms with van der Waals surface area (Å²) in [5.41, 5.74) is 5.38. The molecule has 2 aromatic rings. The Kier molecular flexibility index (Phi) is 6.38. The van der Waals surface area contributed by atoms with E-state index < -0.39 is 23.3 Å². The molecule has 0 saturated carbocycles. The van der Waals surface area contributed by atoms with Crippen molar-refractivity contribution in [3.05, 3.63) is 88.5 Å². The van der Waals surface area contributed by atoms with Gasteiger partial charge < -0.3 is 30.0 Å². The summed E-state index contributed by atoms with van der Waals surface area (Å²) in [6.45, 7) is 1.52. The topological polar surface area (TPSA) is 126 Å². The first kappa shape index (κ1) is 23.1. The highest BCUT2D eigenvalue weighted by Crippen LogP contribution is 2.52. The minimum absolute atomic E-state index is 0.0476. The fourth-order valence-electron chi connectivity index (χ4n) is 4.23. The highest BCUT2D eigenvalue weighted by molar-refractivity contribution is 6.21. The van der Waals surface area contributed by atoms with Crippen molar-refractivity contribution in [2.24, 2.45) is 5.73 Å². The Morgan fingerprint density at radius 2 is 1.65 bits per heavy atom. The molecule has 0 radical (unpaired) electrons. The predicted molar refractivity (Wildman–Crippen MR) is 121 cm³/mol. The summed E-state index contributed by atoms with van der Waals surface area (Å²) in [5, 5.41) is 2.75. The van der Waals surface area contributed by atoms with E-state index in [1.165, 1.54) is 14.0 Å². The molecule has 3 N–H and O–H groups in total. The summed E-state index contributed by atoms with van der Waals surface area (Å²) in [7, 11) is 1.47. The summed E-state index contributed by atoms with van der Waals surface area (Å²) in [6, 6.07) is 15.8. The Hall–Kier alpha value is -4.11. The van der Waals surface area contributed by atoms with Gasteiger partial charge in [-0.25, -0.2) is 9.59 Å². The highest BCUT2D eigenvalue weighted by Gasteiger charge is 2.61. The lowest BCUT2D eigenvalue weighted by Crippen LogP contribution is -2.48. The van der Waals surface area contributed by atoms with Gasteiger partial charge in [-0.05, 0) is 18.6 Å². The summed E-state index contributed by atoms with van der Waals surface area (Å²) in [6.07, 6.45) is 0. The number of nitrogens with two attached hydrogens (primary N) is 1. The van der Waals surface area contributed by atoms with Gasteiger partial charge in [0.2, 0.25) is 11.8 Å². The molecule has 1 atom stereocenters. The number of allylic oxidation sites excluding steroid dienone is 1. The molecule has 2 aliphatic heterocycles. The summed E-state index contributed by atoms with van der Waals surface area (Å²) >= 11 is 0. The number of ether oxygens (including phenoxy) is 4. The number of anilines is 1. The first-order valence-electron chi connectivity index (χ1n) is 10.6. The first-order chi connectivity index (χ1) is 16.4. The quantitative estimate of drug-likeness (QED) is 0.472. The van der Waals surface area contributed by atoms with Gasteiger partial charge in [0, 0.05) is 18.4 Å². The second kappa shape index (κ2) is 9.40. The zero-order valence-electron chi connectivity index (χ0n) is 18.8. The van der Waals surface area contributed by atoms with E-state index in [9.17, 15) is 14.4 Å². The summed E-state index contributed by atoms with van der Waals surface area (Å²) in [4.78, 5) is 40.3. The highest BCUT2D eigenvalue weighted by atomic mass is 16.6. The van der Waals surface area contributed by atoms with Crippen LogP contribution in [0, 0.1) is 0 Å². The predicted octanol–water partition coefficient (Wildman–Crippen LogP) is 2.28. The number of hydrogen-bond donors (Lipinski definition) is 2. The Morgan fingerprint density at radius 1 is 0.971 bits per heavy atom. The largest absolute Gasteiger partial charge is 0.460 e. The van der Waals surface area contributed by atoms with Crippen molar-refractivity contribution in [2.75, 3.05) is 25.6 Å². The van der Waals surface area contributed by atoms with Crippen LogP contribution in [0.3, 0.4) is 0 Å². The van der Waals surface area contributed by atoms with E-state index in [2.05, 4.69) is 5.32 Å². The monoisotopic (exact) mass is 464 g/mol. The molecule has 2 aliphatic rings. The maximum atomic E-state index is 13.6. The molecule has 0 saturated heterocycles. The number of methoxy groups -OCH3 is 1. The fourth-order valence-corrected chi connectivity index (χ4v) is 4.23. The van der Waals surface area contributed by atoms with Crippen LogP contribution < -0.4 is 11.1 Å². The van der Waals surface area contributed by atoms with Gasteiger partial charge in [0.25, 0.3) is 0 Å². The minimum atomic E-state index is -1.90. The Morgan fingerprint density at radius 3 is 2.38 bits per heavy atom. The van der Waals surface area contributed by atoms with Gasteiger partial charge in [0.15, 0.2) is 0 Å². The van der Waals surface area contributed by atoms with Crippen LogP contribution in [-0.4, -0.2) is 38.2 Å². The summed E-state index contributed by atoms with van der Waals surface area (Å²) in [5.74, 6) is -2.63. The number of carbonyl (C=O) groups is 3. The molecule has 2 aromatic carbocycles. The molecule has 0 bridgehead atoms. The van der Waals surface area contributed by atoms with E-state index in [0.717, 1.165) is 5.56 Å². The molecule has 0 aliphatic carbocycles. The number of fused-ring (bicyclic) bond motifs is 2.